The molecule has 0 aromatic heterocycles. The number of hydrogen-bond acceptors (Lipinski definition) is 3. The lowest BCUT2D eigenvalue weighted by molar-refractivity contribution is 0.0883. The van der Waals surface area contributed by atoms with E-state index in [9.17, 15) is 14.7 Å². The van der Waals surface area contributed by atoms with Gasteiger partial charge in [0.1, 0.15) is 0 Å². The molecular formula is C14H18N2O3. The fourth-order valence-electron chi connectivity index (χ4n) is 2.16. The maximum atomic E-state index is 12.0. The Balaban J connectivity index is 2.02. The Hall–Kier alpha value is -1.88. The van der Waals surface area contributed by atoms with Gasteiger partial charge in [0.2, 0.25) is 0 Å². The maximum Gasteiger partial charge on any atom is 0.321 e. The highest BCUT2D eigenvalue weighted by Gasteiger charge is 2.21. The van der Waals surface area contributed by atoms with E-state index in [1.165, 1.54) is 6.92 Å². The number of aliphatic hydroxyl groups is 1. The van der Waals surface area contributed by atoms with Crippen LogP contribution in [0.1, 0.15) is 30.1 Å². The van der Waals surface area contributed by atoms with Gasteiger partial charge in [-0.3, -0.25) is 4.79 Å². The highest BCUT2D eigenvalue weighted by Crippen LogP contribution is 2.14. The van der Waals surface area contributed by atoms with Gasteiger partial charge in [0.15, 0.2) is 5.78 Å². The standard InChI is InChI=1S/C14H18N2O3/c1-10(17)11-4-2-5-12(8-11)15-14(19)16-7-3-6-13(18)9-16/h2,4-5,8,13,18H,3,6-7,9H2,1H3,(H,15,19)/t13-/m0/s1. The number of benzene rings is 1. The van der Waals surface area contributed by atoms with Crippen molar-refractivity contribution >= 4 is 17.5 Å². The minimum atomic E-state index is -0.442. The molecule has 0 spiro atoms. The number of carbonyl (C=O) groups is 2. The maximum absolute atomic E-state index is 12.0. The number of nitrogens with one attached hydrogen (secondary N) is 1. The first-order valence-electron chi connectivity index (χ1n) is 6.41. The van der Waals surface area contributed by atoms with E-state index in [1.54, 1.807) is 29.2 Å². The molecule has 5 heteroatoms. The minimum absolute atomic E-state index is 0.0375. The summed E-state index contributed by atoms with van der Waals surface area (Å²) in [5.41, 5.74) is 1.16. The molecular weight excluding hydrogens is 244 g/mol. The summed E-state index contributed by atoms with van der Waals surface area (Å²) in [7, 11) is 0. The summed E-state index contributed by atoms with van der Waals surface area (Å²) < 4.78 is 0. The zero-order chi connectivity index (χ0) is 13.8. The first-order valence-corrected chi connectivity index (χ1v) is 6.41. The van der Waals surface area contributed by atoms with Crippen LogP contribution in [-0.2, 0) is 0 Å². The lowest BCUT2D eigenvalue weighted by atomic mass is 10.1. The van der Waals surface area contributed by atoms with Crippen LogP contribution in [0.2, 0.25) is 0 Å². The summed E-state index contributed by atoms with van der Waals surface area (Å²) in [4.78, 5) is 24.9. The zero-order valence-electron chi connectivity index (χ0n) is 10.9. The van der Waals surface area contributed by atoms with Crippen molar-refractivity contribution in [1.29, 1.82) is 0 Å². The lowest BCUT2D eigenvalue weighted by Gasteiger charge is -2.30. The second-order valence-electron chi connectivity index (χ2n) is 4.81. The van der Waals surface area contributed by atoms with Gasteiger partial charge in [-0.15, -0.1) is 0 Å². The van der Waals surface area contributed by atoms with Crippen molar-refractivity contribution in [1.82, 2.24) is 4.90 Å². The molecule has 1 fully saturated rings. The molecule has 1 aliphatic heterocycles. The van der Waals surface area contributed by atoms with Gasteiger partial charge in [0, 0.05) is 24.3 Å². The smallest absolute Gasteiger partial charge is 0.321 e. The van der Waals surface area contributed by atoms with E-state index in [1.807, 2.05) is 0 Å². The third-order valence-corrected chi connectivity index (χ3v) is 3.20. The highest BCUT2D eigenvalue weighted by atomic mass is 16.3. The number of urea groups is 1. The summed E-state index contributed by atoms with van der Waals surface area (Å²) in [6.45, 7) is 2.50. The molecule has 1 heterocycles. The Kier molecular flexibility index (Phi) is 4.16. The van der Waals surface area contributed by atoms with Crippen LogP contribution in [0.4, 0.5) is 10.5 Å². The molecule has 2 rings (SSSR count). The van der Waals surface area contributed by atoms with Gasteiger partial charge in [0.25, 0.3) is 0 Å². The zero-order valence-corrected chi connectivity index (χ0v) is 10.9. The number of anilines is 1. The molecule has 102 valence electrons. The molecule has 1 aromatic rings. The Labute approximate surface area is 112 Å². The van der Waals surface area contributed by atoms with Gasteiger partial charge in [0.05, 0.1) is 6.10 Å². The topological polar surface area (TPSA) is 69.6 Å². The molecule has 2 N–H and O–H groups in total. The van der Waals surface area contributed by atoms with Crippen molar-refractivity contribution in [3.63, 3.8) is 0 Å². The van der Waals surface area contributed by atoms with Crippen molar-refractivity contribution in [3.05, 3.63) is 29.8 Å². The second-order valence-corrected chi connectivity index (χ2v) is 4.81. The summed E-state index contributed by atoms with van der Waals surface area (Å²) >= 11 is 0. The number of piperidine rings is 1. The van der Waals surface area contributed by atoms with E-state index in [2.05, 4.69) is 5.32 Å². The number of amides is 2. The number of hydrogen-bond donors (Lipinski definition) is 2. The second kappa shape index (κ2) is 5.84. The van der Waals surface area contributed by atoms with Gasteiger partial charge in [-0.05, 0) is 31.9 Å². The van der Waals surface area contributed by atoms with Crippen LogP contribution in [0.25, 0.3) is 0 Å². The molecule has 0 radical (unpaired) electrons. The Bertz CT molecular complexity index is 487. The van der Waals surface area contributed by atoms with Crippen molar-refractivity contribution in [2.75, 3.05) is 18.4 Å². The van der Waals surface area contributed by atoms with E-state index < -0.39 is 6.10 Å². The molecule has 19 heavy (non-hydrogen) atoms. The van der Waals surface area contributed by atoms with Crippen LogP contribution in [-0.4, -0.2) is 41.0 Å². The number of aliphatic hydroxyl groups excluding tert-OH is 1. The number of β-amino-alcohol motifs (C(OH)–C–C–N with tert-alkyl or cyclic N) is 1. The van der Waals surface area contributed by atoms with Gasteiger partial charge < -0.3 is 15.3 Å². The lowest BCUT2D eigenvalue weighted by Crippen LogP contribution is -2.44. The van der Waals surface area contributed by atoms with Crippen molar-refractivity contribution in [3.8, 4) is 0 Å². The van der Waals surface area contributed by atoms with Crippen LogP contribution < -0.4 is 5.32 Å². The fraction of sp³-hybridized carbons (Fsp3) is 0.429. The van der Waals surface area contributed by atoms with Crippen molar-refractivity contribution < 1.29 is 14.7 Å². The van der Waals surface area contributed by atoms with Crippen LogP contribution in [0.3, 0.4) is 0 Å². The Morgan fingerprint density at radius 3 is 2.89 bits per heavy atom. The molecule has 1 atom stereocenters. The quantitative estimate of drug-likeness (QED) is 0.799. The number of Topliss-reactive ketones (excluding diaryl/α,β-unsaturated/α-hetero) is 1. The third kappa shape index (κ3) is 3.54. The molecule has 1 saturated heterocycles. The molecule has 0 bridgehead atoms. The number of likely N-dealkylation sites (tertiary alicyclic amines) is 1. The summed E-state index contributed by atoms with van der Waals surface area (Å²) in [6, 6.07) is 6.60. The van der Waals surface area contributed by atoms with E-state index in [4.69, 9.17) is 0 Å². The van der Waals surface area contributed by atoms with E-state index in [-0.39, 0.29) is 11.8 Å². The van der Waals surface area contributed by atoms with E-state index >= 15 is 0 Å². The number of nitrogens with zero attached hydrogens (tertiary/aromatic N) is 1. The predicted octanol–water partition coefficient (Wildman–Crippen LogP) is 1.88. The molecule has 1 aliphatic rings. The summed E-state index contributed by atoms with van der Waals surface area (Å²) in [5, 5.41) is 12.3. The van der Waals surface area contributed by atoms with Crippen LogP contribution in [0.5, 0.6) is 0 Å². The molecule has 0 saturated carbocycles. The first kappa shape index (κ1) is 13.5. The average molecular weight is 262 g/mol. The van der Waals surface area contributed by atoms with Crippen LogP contribution >= 0.6 is 0 Å². The van der Waals surface area contributed by atoms with Crippen LogP contribution in [0, 0.1) is 0 Å². The predicted molar refractivity (Wildman–Crippen MR) is 72.3 cm³/mol. The molecule has 5 nitrogen and oxygen atoms in total. The molecule has 1 aromatic carbocycles. The Morgan fingerprint density at radius 2 is 2.21 bits per heavy atom. The Morgan fingerprint density at radius 1 is 1.42 bits per heavy atom. The number of carbonyl (C=O) groups excluding carboxylic acids is 2. The van der Waals surface area contributed by atoms with Gasteiger partial charge >= 0.3 is 6.03 Å². The SMILES string of the molecule is CC(=O)c1cccc(NC(=O)N2CCC[C@H](O)C2)c1. The van der Waals surface area contributed by atoms with Gasteiger partial charge in [-0.25, -0.2) is 4.79 Å². The number of ketones is 1. The molecule has 0 unspecified atom stereocenters. The van der Waals surface area contributed by atoms with Gasteiger partial charge in [-0.1, -0.05) is 12.1 Å². The largest absolute Gasteiger partial charge is 0.391 e. The van der Waals surface area contributed by atoms with Crippen LogP contribution in [0.15, 0.2) is 24.3 Å². The van der Waals surface area contributed by atoms with Crippen molar-refractivity contribution in [2.24, 2.45) is 0 Å². The normalized spacial score (nSPS) is 19.1. The third-order valence-electron chi connectivity index (χ3n) is 3.20. The van der Waals surface area contributed by atoms with Gasteiger partial charge in [-0.2, -0.15) is 0 Å². The van der Waals surface area contributed by atoms with Crippen molar-refractivity contribution in [2.45, 2.75) is 25.9 Å². The van der Waals surface area contributed by atoms with E-state index in [0.29, 0.717) is 24.3 Å². The fourth-order valence-corrected chi connectivity index (χ4v) is 2.16. The van der Waals surface area contributed by atoms with E-state index in [0.717, 1.165) is 12.8 Å². The summed E-state index contributed by atoms with van der Waals surface area (Å²) in [6.07, 6.45) is 1.11. The minimum Gasteiger partial charge on any atom is -0.391 e. The first-order chi connectivity index (χ1) is 9.06. The summed E-state index contributed by atoms with van der Waals surface area (Å²) in [5.74, 6) is -0.0375. The number of rotatable bonds is 2. The average Bonchev–Trinajstić information content (AvgIpc) is 2.39. The molecule has 2 amide bonds. The monoisotopic (exact) mass is 262 g/mol. The highest BCUT2D eigenvalue weighted by molar-refractivity contribution is 5.96. The molecule has 0 aliphatic carbocycles.